The monoisotopic (exact) mass is 368 g/mol. The van der Waals surface area contributed by atoms with Gasteiger partial charge in [-0.2, -0.15) is 0 Å². The second kappa shape index (κ2) is 5.94. The molecule has 0 spiro atoms. The molecule has 1 fully saturated rings. The van der Waals surface area contributed by atoms with Crippen LogP contribution in [0.3, 0.4) is 0 Å². The first kappa shape index (κ1) is 14.8. The zero-order valence-corrected chi connectivity index (χ0v) is 13.9. The fourth-order valence-electron chi connectivity index (χ4n) is 2.75. The number of amides is 1. The lowest BCUT2D eigenvalue weighted by molar-refractivity contribution is 0.0656. The molecule has 6 heteroatoms. The number of nitrogens with two attached hydrogens (primary N) is 1. The number of fused-ring (bicyclic) bond motifs is 1. The van der Waals surface area contributed by atoms with Gasteiger partial charge in [-0.3, -0.25) is 4.79 Å². The Labute approximate surface area is 135 Å². The normalized spacial score (nSPS) is 16.6. The van der Waals surface area contributed by atoms with Crippen LogP contribution in [0, 0.1) is 5.92 Å². The summed E-state index contributed by atoms with van der Waals surface area (Å²) in [5.41, 5.74) is 6.76. The fraction of sp³-hybridized carbons (Fsp3) is 0.400. The van der Waals surface area contributed by atoms with Crippen LogP contribution in [0.1, 0.15) is 22.5 Å². The molecule has 0 aliphatic carbocycles. The summed E-state index contributed by atoms with van der Waals surface area (Å²) in [5, 5.41) is 10.1. The predicted molar refractivity (Wildman–Crippen MR) is 89.7 cm³/mol. The molecule has 0 radical (unpaired) electrons. The zero-order valence-electron chi connectivity index (χ0n) is 11.5. The fourth-order valence-corrected chi connectivity index (χ4v) is 4.58. The van der Waals surface area contributed by atoms with Crippen LogP contribution in [0.15, 0.2) is 22.7 Å². The van der Waals surface area contributed by atoms with E-state index in [-0.39, 0.29) is 12.5 Å². The topological polar surface area (TPSA) is 66.6 Å². The quantitative estimate of drug-likeness (QED) is 0.855. The van der Waals surface area contributed by atoms with Gasteiger partial charge in [0.05, 0.1) is 5.69 Å². The van der Waals surface area contributed by atoms with E-state index in [1.807, 2.05) is 23.1 Å². The maximum Gasteiger partial charge on any atom is 0.266 e. The number of thiophene rings is 1. The molecule has 2 heterocycles. The number of aliphatic hydroxyl groups is 1. The molecule has 3 N–H and O–H groups in total. The maximum absolute atomic E-state index is 12.7. The Hall–Kier alpha value is -1.11. The Balaban J connectivity index is 1.89. The molecular formula is C15H17BrN2O2S. The van der Waals surface area contributed by atoms with Gasteiger partial charge in [0.2, 0.25) is 0 Å². The molecule has 0 bridgehead atoms. The number of carbonyl (C=O) groups excluding carboxylic acids is 1. The first-order valence-corrected chi connectivity index (χ1v) is 8.59. The van der Waals surface area contributed by atoms with Crippen molar-refractivity contribution in [3.8, 4) is 0 Å². The Morgan fingerprint density at radius 1 is 1.43 bits per heavy atom. The summed E-state index contributed by atoms with van der Waals surface area (Å²) in [5.74, 6) is 0.333. The molecular weight excluding hydrogens is 352 g/mol. The van der Waals surface area contributed by atoms with E-state index in [1.165, 1.54) is 11.3 Å². The predicted octanol–water partition coefficient (Wildman–Crippen LogP) is 3.09. The Morgan fingerprint density at radius 2 is 2.14 bits per heavy atom. The number of hydrogen-bond donors (Lipinski definition) is 2. The first-order chi connectivity index (χ1) is 10.1. The minimum Gasteiger partial charge on any atom is -0.397 e. The average Bonchev–Trinajstić information content (AvgIpc) is 2.85. The van der Waals surface area contributed by atoms with Crippen LogP contribution in [0.2, 0.25) is 0 Å². The van der Waals surface area contributed by atoms with Crippen molar-refractivity contribution < 1.29 is 9.90 Å². The van der Waals surface area contributed by atoms with E-state index in [0.717, 1.165) is 27.4 Å². The van der Waals surface area contributed by atoms with Gasteiger partial charge < -0.3 is 15.7 Å². The molecule has 2 aromatic rings. The summed E-state index contributed by atoms with van der Waals surface area (Å²) in [6.45, 7) is 1.60. The van der Waals surface area contributed by atoms with Crippen LogP contribution in [-0.4, -0.2) is 35.6 Å². The Kier molecular flexibility index (Phi) is 4.19. The highest BCUT2D eigenvalue weighted by molar-refractivity contribution is 9.10. The molecule has 1 aliphatic heterocycles. The third-order valence-corrected chi connectivity index (χ3v) is 5.88. The molecule has 3 rings (SSSR count). The Bertz CT molecular complexity index is 678. The lowest BCUT2D eigenvalue weighted by atomic mass is 9.98. The van der Waals surface area contributed by atoms with Gasteiger partial charge in [-0.1, -0.05) is 22.0 Å². The summed E-state index contributed by atoms with van der Waals surface area (Å²) >= 11 is 4.95. The van der Waals surface area contributed by atoms with Gasteiger partial charge in [-0.25, -0.2) is 0 Å². The van der Waals surface area contributed by atoms with Gasteiger partial charge in [0.15, 0.2) is 0 Å². The van der Waals surface area contributed by atoms with Gasteiger partial charge in [-0.15, -0.1) is 11.3 Å². The molecule has 112 valence electrons. The molecule has 1 amide bonds. The molecule has 1 aromatic carbocycles. The van der Waals surface area contributed by atoms with Crippen LogP contribution >= 0.6 is 27.3 Å². The van der Waals surface area contributed by atoms with Gasteiger partial charge in [0, 0.05) is 34.3 Å². The molecule has 0 unspecified atom stereocenters. The van der Waals surface area contributed by atoms with Crippen LogP contribution in [0.5, 0.6) is 0 Å². The van der Waals surface area contributed by atoms with Crippen molar-refractivity contribution in [3.05, 3.63) is 27.5 Å². The third kappa shape index (κ3) is 2.67. The molecule has 1 aliphatic rings. The van der Waals surface area contributed by atoms with Crippen molar-refractivity contribution in [1.82, 2.24) is 4.90 Å². The number of nitrogen functional groups attached to an aromatic ring is 1. The number of aliphatic hydroxyl groups excluding tert-OH is 1. The number of benzene rings is 1. The van der Waals surface area contributed by atoms with Crippen LogP contribution in [0.4, 0.5) is 5.69 Å². The van der Waals surface area contributed by atoms with Crippen molar-refractivity contribution in [2.24, 2.45) is 5.92 Å². The second-order valence-electron chi connectivity index (χ2n) is 5.38. The number of piperidine rings is 1. The summed E-state index contributed by atoms with van der Waals surface area (Å²) in [6, 6.07) is 5.87. The van der Waals surface area contributed by atoms with Crippen molar-refractivity contribution in [1.29, 1.82) is 0 Å². The summed E-state index contributed by atoms with van der Waals surface area (Å²) in [4.78, 5) is 15.1. The summed E-state index contributed by atoms with van der Waals surface area (Å²) in [7, 11) is 0. The molecule has 4 nitrogen and oxygen atoms in total. The third-order valence-electron chi connectivity index (χ3n) is 4.06. The zero-order chi connectivity index (χ0) is 15.0. The van der Waals surface area contributed by atoms with E-state index in [4.69, 9.17) is 5.73 Å². The summed E-state index contributed by atoms with van der Waals surface area (Å²) < 4.78 is 1.95. The number of rotatable bonds is 2. The van der Waals surface area contributed by atoms with Crippen molar-refractivity contribution in [3.63, 3.8) is 0 Å². The van der Waals surface area contributed by atoms with Gasteiger partial charge in [-0.05, 0) is 30.9 Å². The smallest absolute Gasteiger partial charge is 0.266 e. The van der Waals surface area contributed by atoms with Gasteiger partial charge in [0.25, 0.3) is 5.91 Å². The SMILES string of the molecule is Nc1c(C(=O)N2CCC(CO)CC2)sc2cccc(Br)c12. The molecule has 0 atom stereocenters. The van der Waals surface area contributed by atoms with Crippen molar-refractivity contribution in [2.45, 2.75) is 12.8 Å². The minimum absolute atomic E-state index is 0.0111. The van der Waals surface area contributed by atoms with E-state index in [1.54, 1.807) is 0 Å². The average molecular weight is 369 g/mol. The maximum atomic E-state index is 12.7. The molecule has 1 saturated heterocycles. The highest BCUT2D eigenvalue weighted by Gasteiger charge is 2.26. The van der Waals surface area contributed by atoms with Crippen LogP contribution in [0.25, 0.3) is 10.1 Å². The number of anilines is 1. The lowest BCUT2D eigenvalue weighted by Gasteiger charge is -2.30. The highest BCUT2D eigenvalue weighted by Crippen LogP contribution is 2.39. The molecule has 0 saturated carbocycles. The number of halogens is 1. The molecule has 1 aromatic heterocycles. The second-order valence-corrected chi connectivity index (χ2v) is 7.28. The minimum atomic E-state index is 0.0111. The standard InChI is InChI=1S/C15H17BrN2O2S/c16-10-2-1-3-11-12(10)13(17)14(21-11)15(20)18-6-4-9(8-19)5-7-18/h1-3,9,19H,4-8,17H2. The van der Waals surface area contributed by atoms with E-state index < -0.39 is 0 Å². The van der Waals surface area contributed by atoms with E-state index >= 15 is 0 Å². The lowest BCUT2D eigenvalue weighted by Crippen LogP contribution is -2.39. The number of carbonyl (C=O) groups is 1. The van der Waals surface area contributed by atoms with Crippen LogP contribution < -0.4 is 5.73 Å². The van der Waals surface area contributed by atoms with Crippen LogP contribution in [-0.2, 0) is 0 Å². The number of likely N-dealkylation sites (tertiary alicyclic amines) is 1. The van der Waals surface area contributed by atoms with Crippen molar-refractivity contribution in [2.75, 3.05) is 25.4 Å². The van der Waals surface area contributed by atoms with Gasteiger partial charge >= 0.3 is 0 Å². The van der Waals surface area contributed by atoms with Crippen molar-refractivity contribution >= 4 is 48.9 Å². The largest absolute Gasteiger partial charge is 0.397 e. The first-order valence-electron chi connectivity index (χ1n) is 6.98. The van der Waals surface area contributed by atoms with Gasteiger partial charge in [0.1, 0.15) is 4.88 Å². The Morgan fingerprint density at radius 3 is 2.76 bits per heavy atom. The summed E-state index contributed by atoms with van der Waals surface area (Å²) in [6.07, 6.45) is 1.72. The van der Waals surface area contributed by atoms with E-state index in [2.05, 4.69) is 15.9 Å². The van der Waals surface area contributed by atoms with E-state index in [9.17, 15) is 9.90 Å². The molecule has 21 heavy (non-hydrogen) atoms. The number of nitrogens with zero attached hydrogens (tertiary/aromatic N) is 1. The number of hydrogen-bond acceptors (Lipinski definition) is 4. The highest BCUT2D eigenvalue weighted by atomic mass is 79.9. The van der Waals surface area contributed by atoms with E-state index in [0.29, 0.717) is 29.6 Å².